The quantitative estimate of drug-likeness (QED) is 0.555. The second-order valence-corrected chi connectivity index (χ2v) is 7.41. The van der Waals surface area contributed by atoms with E-state index in [2.05, 4.69) is 4.74 Å². The minimum absolute atomic E-state index is 0.0284. The molecule has 0 saturated heterocycles. The number of benzene rings is 2. The molecule has 148 valence electrons. The van der Waals surface area contributed by atoms with Crippen molar-refractivity contribution in [2.24, 2.45) is 0 Å². The molecule has 0 aliphatic carbocycles. The van der Waals surface area contributed by atoms with Crippen LogP contribution in [0.15, 0.2) is 41.3 Å². The Hall–Kier alpha value is -2.68. The average molecular weight is 414 g/mol. The average Bonchev–Trinajstić information content (AvgIpc) is 2.97. The molecule has 0 radical (unpaired) electrons. The molecule has 1 aliphatic rings. The van der Waals surface area contributed by atoms with Crippen LogP contribution in [0.2, 0.25) is 0 Å². The van der Waals surface area contributed by atoms with E-state index in [1.165, 1.54) is 37.4 Å². The van der Waals surface area contributed by atoms with Gasteiger partial charge in [-0.1, -0.05) is 12.1 Å². The van der Waals surface area contributed by atoms with Gasteiger partial charge in [-0.05, 0) is 47.9 Å². The number of hydrogen-bond donors (Lipinski definition) is 0. The molecule has 1 heterocycles. The van der Waals surface area contributed by atoms with Gasteiger partial charge in [-0.25, -0.2) is 9.18 Å². The zero-order valence-electron chi connectivity index (χ0n) is 14.7. The van der Waals surface area contributed by atoms with Crippen LogP contribution in [0.3, 0.4) is 0 Å². The summed E-state index contributed by atoms with van der Waals surface area (Å²) in [6, 6.07) is 7.82. The van der Waals surface area contributed by atoms with Crippen molar-refractivity contribution in [1.82, 2.24) is 0 Å². The van der Waals surface area contributed by atoms with Crippen molar-refractivity contribution < 1.29 is 36.0 Å². The van der Waals surface area contributed by atoms with Crippen LogP contribution in [0.1, 0.15) is 16.7 Å². The summed E-state index contributed by atoms with van der Waals surface area (Å²) in [4.78, 5) is 12.2. The topological polar surface area (TPSA) is 52.6 Å². The molecule has 9 heteroatoms. The molecule has 4 nitrogen and oxygen atoms in total. The number of alkyl halides is 3. The second-order valence-electron chi connectivity index (χ2n) is 6.06. The number of esters is 1. The predicted octanol–water partition coefficient (Wildman–Crippen LogP) is 4.24. The molecule has 1 atom stereocenters. The lowest BCUT2D eigenvalue weighted by molar-refractivity contribution is -0.274. The smallest absolute Gasteiger partial charge is 0.457 e. The highest BCUT2D eigenvalue weighted by Crippen LogP contribution is 2.36. The number of rotatable bonds is 4. The van der Waals surface area contributed by atoms with Gasteiger partial charge in [0.05, 0.1) is 21.3 Å². The number of cyclic esters (lactones) is 1. The van der Waals surface area contributed by atoms with Gasteiger partial charge in [0.15, 0.2) is 0 Å². The van der Waals surface area contributed by atoms with E-state index in [1.807, 2.05) is 0 Å². The molecule has 0 saturated carbocycles. The van der Waals surface area contributed by atoms with E-state index in [9.17, 15) is 26.6 Å². The van der Waals surface area contributed by atoms with Gasteiger partial charge in [0.1, 0.15) is 18.2 Å². The highest BCUT2D eigenvalue weighted by atomic mass is 32.2. The van der Waals surface area contributed by atoms with Crippen molar-refractivity contribution in [3.63, 3.8) is 0 Å². The van der Waals surface area contributed by atoms with E-state index in [-0.39, 0.29) is 28.4 Å². The third kappa shape index (κ3) is 4.09. The van der Waals surface area contributed by atoms with Crippen molar-refractivity contribution in [3.8, 4) is 5.75 Å². The lowest BCUT2D eigenvalue weighted by atomic mass is 9.95. The standard InChI is InChI=1S/C19H14F4O4S/c1-10-7-12(3-5-15(10)27-19(21,22)23)17-13(9-26-18(17)24)11-4-6-16(28(2)25)14(20)8-11/h3-8H,9H2,1-2H3. The van der Waals surface area contributed by atoms with Crippen LogP contribution in [0, 0.1) is 12.7 Å². The molecule has 3 rings (SSSR count). The number of hydrogen-bond acceptors (Lipinski definition) is 4. The minimum Gasteiger partial charge on any atom is -0.457 e. The Bertz CT molecular complexity index is 1010. The maximum absolute atomic E-state index is 14.2. The van der Waals surface area contributed by atoms with Gasteiger partial charge in [-0.15, -0.1) is 13.2 Å². The van der Waals surface area contributed by atoms with Crippen LogP contribution < -0.4 is 4.74 Å². The number of ether oxygens (including phenoxy) is 2. The molecule has 2 aromatic rings. The van der Waals surface area contributed by atoms with Crippen molar-refractivity contribution in [2.75, 3.05) is 12.9 Å². The minimum atomic E-state index is -4.83. The molecule has 0 spiro atoms. The van der Waals surface area contributed by atoms with E-state index in [1.54, 1.807) is 0 Å². The predicted molar refractivity (Wildman–Crippen MR) is 94.4 cm³/mol. The summed E-state index contributed by atoms with van der Waals surface area (Å²) in [7, 11) is -1.51. The monoisotopic (exact) mass is 414 g/mol. The van der Waals surface area contributed by atoms with Gasteiger partial charge in [-0.3, -0.25) is 4.21 Å². The van der Waals surface area contributed by atoms with Crippen LogP contribution in [-0.4, -0.2) is 29.4 Å². The Morgan fingerprint density at radius 3 is 2.36 bits per heavy atom. The molecule has 0 fully saturated rings. The first-order valence-corrected chi connectivity index (χ1v) is 9.53. The maximum atomic E-state index is 14.2. The third-order valence-corrected chi connectivity index (χ3v) is 5.08. The Kier molecular flexibility index (Phi) is 5.29. The number of halogens is 4. The van der Waals surface area contributed by atoms with E-state index in [0.29, 0.717) is 16.7 Å². The molecule has 1 aliphatic heterocycles. The van der Waals surface area contributed by atoms with Crippen LogP contribution in [0.25, 0.3) is 11.1 Å². The van der Waals surface area contributed by atoms with E-state index >= 15 is 0 Å². The van der Waals surface area contributed by atoms with E-state index < -0.39 is 28.9 Å². The maximum Gasteiger partial charge on any atom is 0.573 e. The lowest BCUT2D eigenvalue weighted by Crippen LogP contribution is -2.17. The molecule has 0 bridgehead atoms. The number of carbonyl (C=O) groups is 1. The van der Waals surface area contributed by atoms with Crippen LogP contribution in [0.5, 0.6) is 5.75 Å². The van der Waals surface area contributed by atoms with Gasteiger partial charge in [0.2, 0.25) is 0 Å². The van der Waals surface area contributed by atoms with Crippen molar-refractivity contribution in [2.45, 2.75) is 18.2 Å². The largest absolute Gasteiger partial charge is 0.573 e. The summed E-state index contributed by atoms with van der Waals surface area (Å²) < 4.78 is 72.0. The fourth-order valence-electron chi connectivity index (χ4n) is 2.89. The highest BCUT2D eigenvalue weighted by molar-refractivity contribution is 7.84. The van der Waals surface area contributed by atoms with E-state index in [0.717, 1.165) is 12.1 Å². The molecule has 2 aromatic carbocycles. The zero-order chi connectivity index (χ0) is 20.6. The van der Waals surface area contributed by atoms with Gasteiger partial charge in [0, 0.05) is 11.8 Å². The Morgan fingerprint density at radius 2 is 1.79 bits per heavy atom. The molecule has 0 N–H and O–H groups in total. The molecule has 0 aromatic heterocycles. The van der Waals surface area contributed by atoms with Crippen LogP contribution in [-0.2, 0) is 20.3 Å². The van der Waals surface area contributed by atoms with Crippen molar-refractivity contribution >= 4 is 27.9 Å². The van der Waals surface area contributed by atoms with E-state index in [4.69, 9.17) is 4.74 Å². The number of aryl methyl sites for hydroxylation is 1. The Morgan fingerprint density at radius 1 is 1.11 bits per heavy atom. The fraction of sp³-hybridized carbons (Fsp3) is 0.211. The first kappa shape index (κ1) is 20.1. The van der Waals surface area contributed by atoms with Crippen molar-refractivity contribution in [1.29, 1.82) is 0 Å². The first-order valence-electron chi connectivity index (χ1n) is 7.97. The Labute approximate surface area is 160 Å². The molecular weight excluding hydrogens is 400 g/mol. The highest BCUT2D eigenvalue weighted by Gasteiger charge is 2.32. The van der Waals surface area contributed by atoms with Crippen LogP contribution in [0.4, 0.5) is 17.6 Å². The molecule has 0 amide bonds. The molecular formula is C19H14F4O4S. The lowest BCUT2D eigenvalue weighted by Gasteiger charge is -2.13. The van der Waals surface area contributed by atoms with Gasteiger partial charge in [0.25, 0.3) is 0 Å². The third-order valence-electron chi connectivity index (χ3n) is 4.13. The number of carbonyl (C=O) groups excluding carboxylic acids is 1. The normalized spacial score (nSPS) is 15.6. The zero-order valence-corrected chi connectivity index (χ0v) is 15.5. The summed E-state index contributed by atoms with van der Waals surface area (Å²) in [6.07, 6.45) is -3.49. The SMILES string of the molecule is Cc1cc(C2=C(c3ccc(S(C)=O)c(F)c3)COC2=O)ccc1OC(F)(F)F. The first-order chi connectivity index (χ1) is 13.1. The summed E-state index contributed by atoms with van der Waals surface area (Å²) in [5, 5.41) is 0. The second kappa shape index (κ2) is 7.38. The van der Waals surface area contributed by atoms with Crippen LogP contribution >= 0.6 is 0 Å². The summed E-state index contributed by atoms with van der Waals surface area (Å²) in [5.41, 5.74) is 1.38. The molecule has 28 heavy (non-hydrogen) atoms. The van der Waals surface area contributed by atoms with Crippen molar-refractivity contribution in [3.05, 3.63) is 58.9 Å². The van der Waals surface area contributed by atoms with Gasteiger partial charge in [-0.2, -0.15) is 0 Å². The Balaban J connectivity index is 2.06. The molecule has 1 unspecified atom stereocenters. The summed E-state index contributed by atoms with van der Waals surface area (Å²) >= 11 is 0. The van der Waals surface area contributed by atoms with Gasteiger partial charge >= 0.3 is 12.3 Å². The van der Waals surface area contributed by atoms with Gasteiger partial charge < -0.3 is 9.47 Å². The summed E-state index contributed by atoms with van der Waals surface area (Å²) in [6.45, 7) is 1.30. The fourth-order valence-corrected chi connectivity index (χ4v) is 3.48. The summed E-state index contributed by atoms with van der Waals surface area (Å²) in [5.74, 6) is -1.73.